The lowest BCUT2D eigenvalue weighted by Crippen LogP contribution is -2.31. The van der Waals surface area contributed by atoms with E-state index in [-0.39, 0.29) is 31.2 Å². The lowest BCUT2D eigenvalue weighted by Gasteiger charge is -2.33. The van der Waals surface area contributed by atoms with Crippen LogP contribution in [0.3, 0.4) is 0 Å². The maximum Gasteiger partial charge on any atom is 0.305 e. The van der Waals surface area contributed by atoms with Crippen molar-refractivity contribution in [3.8, 4) is 0 Å². The average molecular weight is 370 g/mol. The van der Waals surface area contributed by atoms with Crippen LogP contribution in [0.5, 0.6) is 0 Å². The highest BCUT2D eigenvalue weighted by atomic mass is 16.6. The number of allylic oxidation sites excluding steroid dienone is 1. The van der Waals surface area contributed by atoms with Gasteiger partial charge in [0, 0.05) is 5.70 Å². The van der Waals surface area contributed by atoms with Gasteiger partial charge in [-0.25, -0.2) is 0 Å². The molecule has 4 atom stereocenters. The third kappa shape index (κ3) is 5.69. The molecule has 0 amide bonds. The first kappa shape index (κ1) is 21.2. The molecule has 6 nitrogen and oxygen atoms in total. The summed E-state index contributed by atoms with van der Waals surface area (Å²) in [5.74, 6) is 0.423. The van der Waals surface area contributed by atoms with E-state index in [2.05, 4.69) is 19.3 Å². The highest BCUT2D eigenvalue weighted by molar-refractivity contribution is 5.66. The van der Waals surface area contributed by atoms with Gasteiger partial charge in [-0.05, 0) is 61.9 Å². The molecule has 2 rings (SSSR count). The minimum Gasteiger partial charge on any atom is -0.481 e. The fourth-order valence-corrected chi connectivity index (χ4v) is 4.33. The molecule has 0 aromatic carbocycles. The molecule has 1 saturated carbocycles. The van der Waals surface area contributed by atoms with E-state index in [4.69, 9.17) is 9.94 Å². The number of rotatable bonds is 13. The van der Waals surface area contributed by atoms with Crippen LogP contribution >= 0.6 is 0 Å². The van der Waals surface area contributed by atoms with Gasteiger partial charge in [0.1, 0.15) is 0 Å². The normalized spacial score (nSPS) is 26.0. The van der Waals surface area contributed by atoms with E-state index >= 15 is 0 Å². The maximum absolute atomic E-state index is 10.5. The molecule has 2 aliphatic rings. The van der Waals surface area contributed by atoms with Crippen LogP contribution < -0.4 is 5.48 Å². The molecule has 150 valence electrons. The maximum atomic E-state index is 10.5. The standard InChI is InChI=1S/C20H35NO5/c1-3-13(4-2)5-6-14(22)7-8-15-16-11-18(17(16)12-19(15)23)21-26-10-9-20(24)25/h13-16,19,21-23H,3-12H2,1-2H3,(H,24,25). The Bertz CT molecular complexity index is 489. The Labute approximate surface area is 156 Å². The molecular weight excluding hydrogens is 334 g/mol. The number of carboxylic acid groups (broad SMARTS) is 1. The third-order valence-electron chi connectivity index (χ3n) is 6.21. The Morgan fingerprint density at radius 1 is 1.23 bits per heavy atom. The van der Waals surface area contributed by atoms with Gasteiger partial charge in [0.05, 0.1) is 25.2 Å². The van der Waals surface area contributed by atoms with Crippen LogP contribution in [0.2, 0.25) is 0 Å². The van der Waals surface area contributed by atoms with E-state index in [0.717, 1.165) is 37.8 Å². The molecule has 0 spiro atoms. The molecule has 0 saturated heterocycles. The Morgan fingerprint density at radius 2 is 1.96 bits per heavy atom. The van der Waals surface area contributed by atoms with E-state index in [1.165, 1.54) is 18.4 Å². The van der Waals surface area contributed by atoms with Crippen LogP contribution in [0, 0.1) is 17.8 Å². The SMILES string of the molecule is CCC(CC)CCC(O)CCC1C(O)CC2=C(NOCCC(=O)O)CC21. The summed E-state index contributed by atoms with van der Waals surface area (Å²) < 4.78 is 0. The molecule has 6 heteroatoms. The van der Waals surface area contributed by atoms with Gasteiger partial charge in [0.15, 0.2) is 0 Å². The fraction of sp³-hybridized carbons (Fsp3) is 0.850. The number of hydroxylamine groups is 1. The first-order chi connectivity index (χ1) is 12.5. The molecule has 0 heterocycles. The second-order valence-corrected chi connectivity index (χ2v) is 7.84. The smallest absolute Gasteiger partial charge is 0.305 e. The van der Waals surface area contributed by atoms with Crippen LogP contribution in [0.4, 0.5) is 0 Å². The predicted octanol–water partition coefficient (Wildman–Crippen LogP) is 2.99. The summed E-state index contributed by atoms with van der Waals surface area (Å²) in [7, 11) is 0. The quantitative estimate of drug-likeness (QED) is 0.294. The molecule has 0 radical (unpaired) electrons. The highest BCUT2D eigenvalue weighted by Crippen LogP contribution is 2.50. The summed E-state index contributed by atoms with van der Waals surface area (Å²) in [5, 5.41) is 29.2. The molecule has 4 unspecified atom stereocenters. The van der Waals surface area contributed by atoms with E-state index in [9.17, 15) is 15.0 Å². The van der Waals surface area contributed by atoms with Gasteiger partial charge in [-0.15, -0.1) is 0 Å². The second-order valence-electron chi connectivity index (χ2n) is 7.84. The Morgan fingerprint density at radius 3 is 2.62 bits per heavy atom. The number of hydrogen-bond acceptors (Lipinski definition) is 5. The van der Waals surface area contributed by atoms with Gasteiger partial charge >= 0.3 is 5.97 Å². The minimum absolute atomic E-state index is 0.0287. The van der Waals surface area contributed by atoms with Gasteiger partial charge in [-0.2, -0.15) is 0 Å². The molecule has 0 aromatic heterocycles. The van der Waals surface area contributed by atoms with Gasteiger partial charge in [0.25, 0.3) is 0 Å². The van der Waals surface area contributed by atoms with Crippen molar-refractivity contribution >= 4 is 5.97 Å². The van der Waals surface area contributed by atoms with Crippen LogP contribution in [-0.2, 0) is 9.63 Å². The van der Waals surface area contributed by atoms with Crippen molar-refractivity contribution in [1.82, 2.24) is 5.48 Å². The fourth-order valence-electron chi connectivity index (χ4n) is 4.33. The second kappa shape index (κ2) is 10.3. The monoisotopic (exact) mass is 369 g/mol. The van der Waals surface area contributed by atoms with Crippen molar-refractivity contribution in [3.05, 3.63) is 11.3 Å². The largest absolute Gasteiger partial charge is 0.481 e. The molecule has 2 aliphatic carbocycles. The number of nitrogens with one attached hydrogen (secondary N) is 1. The molecule has 4 N–H and O–H groups in total. The van der Waals surface area contributed by atoms with Crippen molar-refractivity contribution < 1.29 is 25.0 Å². The summed E-state index contributed by atoms with van der Waals surface area (Å²) >= 11 is 0. The van der Waals surface area contributed by atoms with Crippen molar-refractivity contribution in [2.75, 3.05) is 6.61 Å². The van der Waals surface area contributed by atoms with E-state index in [1.807, 2.05) is 0 Å². The van der Waals surface area contributed by atoms with Crippen LogP contribution in [0.25, 0.3) is 0 Å². The van der Waals surface area contributed by atoms with Crippen LogP contribution in [0.1, 0.15) is 71.6 Å². The van der Waals surface area contributed by atoms with Crippen molar-refractivity contribution in [2.45, 2.75) is 83.8 Å². The number of hydrogen-bond donors (Lipinski definition) is 4. The molecule has 0 aliphatic heterocycles. The molecular formula is C20H35NO5. The van der Waals surface area contributed by atoms with Gasteiger partial charge < -0.3 is 15.3 Å². The molecule has 26 heavy (non-hydrogen) atoms. The number of aliphatic carboxylic acids is 1. The van der Waals surface area contributed by atoms with Gasteiger partial charge in [-0.3, -0.25) is 15.1 Å². The van der Waals surface area contributed by atoms with Crippen molar-refractivity contribution in [3.63, 3.8) is 0 Å². The summed E-state index contributed by atoms with van der Waals surface area (Å²) in [5.41, 5.74) is 5.06. The first-order valence-electron chi connectivity index (χ1n) is 10.1. The number of carboxylic acids is 1. The first-order valence-corrected chi connectivity index (χ1v) is 10.1. The summed E-state index contributed by atoms with van der Waals surface area (Å²) in [6.07, 6.45) is 6.74. The highest BCUT2D eigenvalue weighted by Gasteiger charge is 2.45. The number of aliphatic hydroxyl groups excluding tert-OH is 2. The summed E-state index contributed by atoms with van der Waals surface area (Å²) in [6.45, 7) is 4.54. The zero-order chi connectivity index (χ0) is 19.1. The van der Waals surface area contributed by atoms with E-state index in [1.54, 1.807) is 0 Å². The molecule has 0 aromatic rings. The van der Waals surface area contributed by atoms with Crippen LogP contribution in [-0.4, -0.2) is 40.1 Å². The Hall–Kier alpha value is -1.11. The van der Waals surface area contributed by atoms with E-state index < -0.39 is 5.97 Å². The Kier molecular flexibility index (Phi) is 8.38. The minimum atomic E-state index is -0.880. The zero-order valence-electron chi connectivity index (χ0n) is 16.1. The zero-order valence-corrected chi connectivity index (χ0v) is 16.1. The van der Waals surface area contributed by atoms with Gasteiger partial charge in [-0.1, -0.05) is 26.7 Å². The summed E-state index contributed by atoms with van der Waals surface area (Å²) in [6, 6.07) is 0. The van der Waals surface area contributed by atoms with Crippen LogP contribution in [0.15, 0.2) is 11.3 Å². The lowest BCUT2D eigenvalue weighted by atomic mass is 9.77. The van der Waals surface area contributed by atoms with Crippen molar-refractivity contribution in [1.29, 1.82) is 0 Å². The Balaban J connectivity index is 1.71. The number of carbonyl (C=O) groups is 1. The third-order valence-corrected chi connectivity index (χ3v) is 6.21. The lowest BCUT2D eigenvalue weighted by molar-refractivity contribution is -0.138. The number of fused-ring (bicyclic) bond motifs is 1. The number of aliphatic hydroxyl groups is 2. The average Bonchev–Trinajstić information content (AvgIpc) is 2.84. The predicted molar refractivity (Wildman–Crippen MR) is 99.1 cm³/mol. The topological polar surface area (TPSA) is 99.0 Å². The van der Waals surface area contributed by atoms with E-state index in [0.29, 0.717) is 18.3 Å². The summed E-state index contributed by atoms with van der Waals surface area (Å²) in [4.78, 5) is 15.7. The molecule has 1 fully saturated rings. The van der Waals surface area contributed by atoms with Gasteiger partial charge in [0.2, 0.25) is 0 Å². The molecule has 0 bridgehead atoms. The van der Waals surface area contributed by atoms with Crippen molar-refractivity contribution in [2.24, 2.45) is 17.8 Å².